The summed E-state index contributed by atoms with van der Waals surface area (Å²) in [6, 6.07) is 8.36. The molecule has 4 nitrogen and oxygen atoms in total. The van der Waals surface area contributed by atoms with Crippen LogP contribution in [0.15, 0.2) is 49.1 Å². The van der Waals surface area contributed by atoms with Crippen LogP contribution < -0.4 is 0 Å². The van der Waals surface area contributed by atoms with Gasteiger partial charge in [-0.25, -0.2) is 0 Å². The molecule has 138 valence electrons. The van der Waals surface area contributed by atoms with Gasteiger partial charge in [-0.1, -0.05) is 32.8 Å². The molecule has 6 heteroatoms. The number of benzene rings is 1. The van der Waals surface area contributed by atoms with Gasteiger partial charge in [0.05, 0.1) is 0 Å². The predicted octanol–water partition coefficient (Wildman–Crippen LogP) is 5.93. The highest BCUT2D eigenvalue weighted by Crippen LogP contribution is 2.17. The number of rotatable bonds is 8. The van der Waals surface area contributed by atoms with E-state index in [-0.39, 0.29) is 0 Å². The third-order valence-electron chi connectivity index (χ3n) is 4.59. The monoisotopic (exact) mass is 386 g/mol. The summed E-state index contributed by atoms with van der Waals surface area (Å²) in [5, 5.41) is 0. The maximum atomic E-state index is 5.65. The molecule has 0 unspecified atom stereocenters. The highest BCUT2D eigenvalue weighted by Gasteiger charge is 2.06. The Morgan fingerprint density at radius 1 is 0.731 bits per heavy atom. The molecule has 3 aromatic rings. The summed E-state index contributed by atoms with van der Waals surface area (Å²) in [7, 11) is 0. The van der Waals surface area contributed by atoms with Gasteiger partial charge in [0, 0.05) is 49.3 Å². The Balaban J connectivity index is 1.92. The van der Waals surface area contributed by atoms with E-state index in [1.807, 2.05) is 12.4 Å². The number of aryl methyl sites for hydroxylation is 2. The second kappa shape index (κ2) is 8.64. The average molecular weight is 387 g/mol. The molecule has 0 aliphatic heterocycles. The van der Waals surface area contributed by atoms with E-state index in [4.69, 9.17) is 24.4 Å². The molecule has 0 amide bonds. The van der Waals surface area contributed by atoms with Crippen LogP contribution in [0.3, 0.4) is 0 Å². The second-order valence-electron chi connectivity index (χ2n) is 6.52. The minimum atomic E-state index is 0.833. The molecule has 26 heavy (non-hydrogen) atoms. The highest BCUT2D eigenvalue weighted by atomic mass is 32.1. The van der Waals surface area contributed by atoms with Gasteiger partial charge in [0.15, 0.2) is 9.54 Å². The SMILES string of the molecule is CCCCn1ccn(-c2cccc(-n3ccn(CCCC)c3=S)c2)c1=S. The van der Waals surface area contributed by atoms with Gasteiger partial charge in [-0.2, -0.15) is 0 Å². The van der Waals surface area contributed by atoms with Gasteiger partial charge in [-0.3, -0.25) is 9.13 Å². The summed E-state index contributed by atoms with van der Waals surface area (Å²) in [6.45, 7) is 6.32. The lowest BCUT2D eigenvalue weighted by atomic mass is 10.2. The Kier molecular flexibility index (Phi) is 6.27. The van der Waals surface area contributed by atoms with E-state index in [9.17, 15) is 0 Å². The molecular weight excluding hydrogens is 360 g/mol. The molecule has 0 fully saturated rings. The fourth-order valence-electron chi connectivity index (χ4n) is 3.01. The molecule has 2 heterocycles. The number of aromatic nitrogens is 4. The topological polar surface area (TPSA) is 19.7 Å². The maximum Gasteiger partial charge on any atom is 0.184 e. The van der Waals surface area contributed by atoms with E-state index >= 15 is 0 Å². The molecule has 0 radical (unpaired) electrons. The zero-order chi connectivity index (χ0) is 18.5. The summed E-state index contributed by atoms with van der Waals surface area (Å²) >= 11 is 11.3. The minimum absolute atomic E-state index is 0.833. The molecule has 0 aliphatic rings. The predicted molar refractivity (Wildman–Crippen MR) is 113 cm³/mol. The maximum absolute atomic E-state index is 5.65. The quantitative estimate of drug-likeness (QED) is 0.447. The van der Waals surface area contributed by atoms with Crippen molar-refractivity contribution in [3.8, 4) is 11.4 Å². The van der Waals surface area contributed by atoms with Crippen LogP contribution in [0.4, 0.5) is 0 Å². The number of unbranched alkanes of at least 4 members (excludes halogenated alkanes) is 2. The lowest BCUT2D eigenvalue weighted by molar-refractivity contribution is 0.620. The van der Waals surface area contributed by atoms with E-state index in [1.165, 1.54) is 0 Å². The second-order valence-corrected chi connectivity index (χ2v) is 7.25. The smallest absolute Gasteiger partial charge is 0.184 e. The summed E-state index contributed by atoms with van der Waals surface area (Å²) in [5.74, 6) is 0. The Bertz CT molecular complexity index is 899. The molecule has 0 saturated carbocycles. The first-order valence-electron chi connectivity index (χ1n) is 9.32. The molecule has 0 N–H and O–H groups in total. The first-order valence-corrected chi connectivity index (χ1v) is 10.1. The van der Waals surface area contributed by atoms with Gasteiger partial charge < -0.3 is 9.13 Å². The summed E-state index contributed by atoms with van der Waals surface area (Å²) in [5.41, 5.74) is 2.12. The van der Waals surface area contributed by atoms with Crippen molar-refractivity contribution in [1.29, 1.82) is 0 Å². The van der Waals surface area contributed by atoms with Crippen molar-refractivity contribution in [2.75, 3.05) is 0 Å². The van der Waals surface area contributed by atoms with Crippen LogP contribution in [0.1, 0.15) is 39.5 Å². The van der Waals surface area contributed by atoms with Crippen LogP contribution in [0.2, 0.25) is 0 Å². The number of imidazole rings is 2. The van der Waals surface area contributed by atoms with Crippen LogP contribution in [0, 0.1) is 9.54 Å². The number of hydrogen-bond acceptors (Lipinski definition) is 2. The van der Waals surface area contributed by atoms with Crippen LogP contribution in [0.5, 0.6) is 0 Å². The van der Waals surface area contributed by atoms with Crippen LogP contribution in [0.25, 0.3) is 11.4 Å². The van der Waals surface area contributed by atoms with Gasteiger partial charge >= 0.3 is 0 Å². The summed E-state index contributed by atoms with van der Waals surface area (Å²) in [4.78, 5) is 0. The lowest BCUT2D eigenvalue weighted by Gasteiger charge is -2.08. The minimum Gasteiger partial charge on any atom is -0.323 e. The van der Waals surface area contributed by atoms with Gasteiger partial charge in [0.25, 0.3) is 0 Å². The summed E-state index contributed by atoms with van der Waals surface area (Å²) in [6.07, 6.45) is 12.8. The fourth-order valence-corrected chi connectivity index (χ4v) is 3.65. The Morgan fingerprint density at radius 3 is 1.62 bits per heavy atom. The van der Waals surface area contributed by atoms with Crippen molar-refractivity contribution in [1.82, 2.24) is 18.3 Å². The standard InChI is InChI=1S/C20H26N4S2/c1-3-5-10-21-12-14-23(19(21)25)17-8-7-9-18(16-17)24-15-13-22(20(24)26)11-6-4-2/h7-9,12-16H,3-6,10-11H2,1-2H3. The highest BCUT2D eigenvalue weighted by molar-refractivity contribution is 7.71. The van der Waals surface area contributed by atoms with Crippen molar-refractivity contribution >= 4 is 24.4 Å². The molecule has 0 atom stereocenters. The third kappa shape index (κ3) is 3.91. The summed E-state index contributed by atoms with van der Waals surface area (Å²) < 4.78 is 10.1. The van der Waals surface area contributed by atoms with Crippen molar-refractivity contribution in [3.05, 3.63) is 58.6 Å². The van der Waals surface area contributed by atoms with Gasteiger partial charge in [0.2, 0.25) is 0 Å². The zero-order valence-corrected chi connectivity index (χ0v) is 17.1. The molecule has 0 saturated heterocycles. The van der Waals surface area contributed by atoms with Crippen LogP contribution >= 0.6 is 24.4 Å². The normalized spacial score (nSPS) is 11.2. The molecule has 0 aliphatic carbocycles. The Hall–Kier alpha value is -1.92. The fraction of sp³-hybridized carbons (Fsp3) is 0.400. The largest absolute Gasteiger partial charge is 0.323 e. The molecule has 0 bridgehead atoms. The van der Waals surface area contributed by atoms with E-state index in [0.717, 1.165) is 59.7 Å². The van der Waals surface area contributed by atoms with Gasteiger partial charge in [0.1, 0.15) is 0 Å². The first-order chi connectivity index (χ1) is 12.7. The zero-order valence-electron chi connectivity index (χ0n) is 15.5. The molecule has 1 aromatic carbocycles. The third-order valence-corrected chi connectivity index (χ3v) is 5.45. The van der Waals surface area contributed by atoms with Crippen LogP contribution in [-0.4, -0.2) is 18.3 Å². The van der Waals surface area contributed by atoms with Gasteiger partial charge in [-0.05, 0) is 55.5 Å². The number of nitrogens with zero attached hydrogens (tertiary/aromatic N) is 4. The first kappa shape index (κ1) is 18.9. The average Bonchev–Trinajstić information content (AvgIpc) is 3.21. The molecular formula is C20H26N4S2. The Labute approximate surface area is 165 Å². The van der Waals surface area contributed by atoms with Crippen molar-refractivity contribution in [2.45, 2.75) is 52.6 Å². The van der Waals surface area contributed by atoms with Crippen molar-refractivity contribution in [2.24, 2.45) is 0 Å². The van der Waals surface area contributed by atoms with Crippen LogP contribution in [-0.2, 0) is 13.1 Å². The van der Waals surface area contributed by atoms with E-state index < -0.39 is 0 Å². The molecule has 2 aromatic heterocycles. The van der Waals surface area contributed by atoms with Crippen molar-refractivity contribution in [3.63, 3.8) is 0 Å². The number of hydrogen-bond donors (Lipinski definition) is 0. The van der Waals surface area contributed by atoms with E-state index in [1.54, 1.807) is 0 Å². The van der Waals surface area contributed by atoms with E-state index in [2.05, 4.69) is 68.8 Å². The molecule has 3 rings (SSSR count). The molecule has 0 spiro atoms. The van der Waals surface area contributed by atoms with E-state index in [0.29, 0.717) is 0 Å². The Morgan fingerprint density at radius 2 is 1.19 bits per heavy atom. The van der Waals surface area contributed by atoms with Crippen molar-refractivity contribution < 1.29 is 0 Å². The lowest BCUT2D eigenvalue weighted by Crippen LogP contribution is -2.02. The van der Waals surface area contributed by atoms with Gasteiger partial charge in [-0.15, -0.1) is 0 Å².